The molecular formula is C21H26N2O2. The molecule has 1 atom stereocenters. The molecule has 1 heterocycles. The summed E-state index contributed by atoms with van der Waals surface area (Å²) in [6, 6.07) is 16.2. The summed E-state index contributed by atoms with van der Waals surface area (Å²) in [4.78, 5) is 14.6. The number of hydrogen-bond acceptors (Lipinski definition) is 3. The quantitative estimate of drug-likeness (QED) is 0.873. The molecule has 4 heteroatoms. The third kappa shape index (κ3) is 4.75. The Morgan fingerprint density at radius 3 is 2.36 bits per heavy atom. The molecule has 0 saturated carbocycles. The average molecular weight is 338 g/mol. The minimum atomic E-state index is -0.522. The molecule has 2 aromatic carbocycles. The van der Waals surface area contributed by atoms with Crippen molar-refractivity contribution in [3.8, 4) is 5.75 Å². The van der Waals surface area contributed by atoms with E-state index in [4.69, 9.17) is 4.74 Å². The number of benzene rings is 2. The summed E-state index contributed by atoms with van der Waals surface area (Å²) < 4.78 is 5.69. The Morgan fingerprint density at radius 2 is 1.72 bits per heavy atom. The lowest BCUT2D eigenvalue weighted by molar-refractivity contribution is -0.127. The predicted octanol–water partition coefficient (Wildman–Crippen LogP) is 3.68. The Hall–Kier alpha value is -2.49. The third-order valence-corrected chi connectivity index (χ3v) is 4.58. The number of carbonyl (C=O) groups is 1. The highest BCUT2D eigenvalue weighted by molar-refractivity contribution is 5.80. The van der Waals surface area contributed by atoms with Crippen molar-refractivity contribution in [1.82, 2.24) is 5.32 Å². The van der Waals surface area contributed by atoms with Crippen LogP contribution < -0.4 is 15.0 Å². The Bertz CT molecular complexity index is 689. The molecule has 25 heavy (non-hydrogen) atoms. The molecule has 1 fully saturated rings. The van der Waals surface area contributed by atoms with E-state index in [1.54, 1.807) is 6.92 Å². The maximum atomic E-state index is 12.2. The number of carbonyl (C=O) groups excluding carboxylic acids is 1. The first-order valence-corrected chi connectivity index (χ1v) is 8.97. The van der Waals surface area contributed by atoms with Gasteiger partial charge in [0.2, 0.25) is 0 Å². The van der Waals surface area contributed by atoms with Gasteiger partial charge in [-0.25, -0.2) is 0 Å². The third-order valence-electron chi connectivity index (χ3n) is 4.58. The van der Waals surface area contributed by atoms with Crippen molar-refractivity contribution in [2.45, 2.75) is 39.3 Å². The summed E-state index contributed by atoms with van der Waals surface area (Å²) >= 11 is 0. The van der Waals surface area contributed by atoms with Gasteiger partial charge < -0.3 is 15.0 Å². The summed E-state index contributed by atoms with van der Waals surface area (Å²) in [7, 11) is 0. The number of aryl methyl sites for hydroxylation is 1. The number of amides is 1. The van der Waals surface area contributed by atoms with Crippen LogP contribution in [-0.2, 0) is 11.3 Å². The van der Waals surface area contributed by atoms with Crippen LogP contribution in [-0.4, -0.2) is 25.1 Å². The van der Waals surface area contributed by atoms with E-state index in [1.807, 2.05) is 31.2 Å². The highest BCUT2D eigenvalue weighted by atomic mass is 16.5. The smallest absolute Gasteiger partial charge is 0.261 e. The largest absolute Gasteiger partial charge is 0.481 e. The normalized spacial score (nSPS) is 15.0. The van der Waals surface area contributed by atoms with Gasteiger partial charge in [-0.1, -0.05) is 29.8 Å². The zero-order chi connectivity index (χ0) is 17.6. The number of ether oxygens (including phenoxy) is 1. The standard InChI is InChI=1S/C21H26N2O2/c1-16-5-11-20(12-6-16)25-17(2)21(24)22-15-18-7-9-19(10-8-18)23-13-3-4-14-23/h5-12,17H,3-4,13-15H2,1-2H3,(H,22,24)/t17-/m1/s1. The van der Waals surface area contributed by atoms with Crippen LogP contribution in [0.1, 0.15) is 30.9 Å². The molecule has 0 aromatic heterocycles. The Kier molecular flexibility index (Phi) is 5.59. The van der Waals surface area contributed by atoms with Crippen LogP contribution in [0.2, 0.25) is 0 Å². The minimum absolute atomic E-state index is 0.107. The fourth-order valence-electron chi connectivity index (χ4n) is 3.01. The molecule has 0 bridgehead atoms. The fourth-order valence-corrected chi connectivity index (χ4v) is 3.01. The second kappa shape index (κ2) is 8.06. The van der Waals surface area contributed by atoms with Gasteiger partial charge in [-0.3, -0.25) is 4.79 Å². The molecule has 0 aliphatic carbocycles. The van der Waals surface area contributed by atoms with Crippen molar-refractivity contribution in [3.05, 3.63) is 59.7 Å². The van der Waals surface area contributed by atoms with E-state index in [1.165, 1.54) is 24.1 Å². The molecule has 2 aromatic rings. The Labute approximate surface area is 149 Å². The molecule has 1 amide bonds. The molecule has 1 aliphatic rings. The van der Waals surface area contributed by atoms with Crippen molar-refractivity contribution in [1.29, 1.82) is 0 Å². The SMILES string of the molecule is Cc1ccc(O[C@H](C)C(=O)NCc2ccc(N3CCCC3)cc2)cc1. The van der Waals surface area contributed by atoms with Gasteiger partial charge in [0.05, 0.1) is 0 Å². The lowest BCUT2D eigenvalue weighted by Gasteiger charge is -2.18. The van der Waals surface area contributed by atoms with E-state index in [2.05, 4.69) is 34.5 Å². The van der Waals surface area contributed by atoms with Gasteiger partial charge in [-0.15, -0.1) is 0 Å². The van der Waals surface area contributed by atoms with Crippen molar-refractivity contribution < 1.29 is 9.53 Å². The first-order valence-electron chi connectivity index (χ1n) is 8.97. The summed E-state index contributed by atoms with van der Waals surface area (Å²) in [6.07, 6.45) is 2.03. The first kappa shape index (κ1) is 17.3. The van der Waals surface area contributed by atoms with Crippen LogP contribution in [0, 0.1) is 6.92 Å². The second-order valence-electron chi connectivity index (χ2n) is 6.65. The van der Waals surface area contributed by atoms with Crippen LogP contribution in [0.25, 0.3) is 0 Å². The van der Waals surface area contributed by atoms with Gasteiger partial charge in [-0.05, 0) is 56.5 Å². The van der Waals surface area contributed by atoms with E-state index in [0.29, 0.717) is 12.3 Å². The molecule has 4 nitrogen and oxygen atoms in total. The van der Waals surface area contributed by atoms with Gasteiger partial charge in [0.15, 0.2) is 6.10 Å². The summed E-state index contributed by atoms with van der Waals surface area (Å²) in [5, 5.41) is 2.94. The zero-order valence-electron chi connectivity index (χ0n) is 15.0. The maximum Gasteiger partial charge on any atom is 0.261 e. The van der Waals surface area contributed by atoms with Crippen molar-refractivity contribution in [2.75, 3.05) is 18.0 Å². The van der Waals surface area contributed by atoms with Gasteiger partial charge in [0, 0.05) is 25.3 Å². The Morgan fingerprint density at radius 1 is 1.08 bits per heavy atom. The van der Waals surface area contributed by atoms with E-state index < -0.39 is 6.10 Å². The van der Waals surface area contributed by atoms with Crippen LogP contribution in [0.3, 0.4) is 0 Å². The van der Waals surface area contributed by atoms with Crippen LogP contribution >= 0.6 is 0 Å². The molecular weight excluding hydrogens is 312 g/mol. The molecule has 3 rings (SSSR count). The lowest BCUT2D eigenvalue weighted by Crippen LogP contribution is -2.35. The van der Waals surface area contributed by atoms with Gasteiger partial charge >= 0.3 is 0 Å². The van der Waals surface area contributed by atoms with Crippen LogP contribution in [0.4, 0.5) is 5.69 Å². The average Bonchev–Trinajstić information content (AvgIpc) is 3.16. The van der Waals surface area contributed by atoms with Crippen molar-refractivity contribution in [3.63, 3.8) is 0 Å². The van der Waals surface area contributed by atoms with Gasteiger partial charge in [-0.2, -0.15) is 0 Å². The highest BCUT2D eigenvalue weighted by Gasteiger charge is 2.15. The molecule has 1 saturated heterocycles. The van der Waals surface area contributed by atoms with Crippen molar-refractivity contribution in [2.24, 2.45) is 0 Å². The van der Waals surface area contributed by atoms with E-state index in [0.717, 1.165) is 18.7 Å². The number of nitrogens with one attached hydrogen (secondary N) is 1. The fraction of sp³-hybridized carbons (Fsp3) is 0.381. The van der Waals surface area contributed by atoms with E-state index in [-0.39, 0.29) is 5.91 Å². The summed E-state index contributed by atoms with van der Waals surface area (Å²) in [5.74, 6) is 0.604. The molecule has 132 valence electrons. The van der Waals surface area contributed by atoms with E-state index in [9.17, 15) is 4.79 Å². The maximum absolute atomic E-state index is 12.2. The predicted molar refractivity (Wildman–Crippen MR) is 101 cm³/mol. The number of anilines is 1. The number of rotatable bonds is 6. The second-order valence-corrected chi connectivity index (χ2v) is 6.65. The molecule has 0 radical (unpaired) electrons. The number of hydrogen-bond donors (Lipinski definition) is 1. The zero-order valence-corrected chi connectivity index (χ0v) is 15.0. The van der Waals surface area contributed by atoms with Crippen LogP contribution in [0.15, 0.2) is 48.5 Å². The molecule has 1 N–H and O–H groups in total. The lowest BCUT2D eigenvalue weighted by atomic mass is 10.2. The number of nitrogens with zero attached hydrogens (tertiary/aromatic N) is 1. The topological polar surface area (TPSA) is 41.6 Å². The van der Waals surface area contributed by atoms with Gasteiger partial charge in [0.25, 0.3) is 5.91 Å². The van der Waals surface area contributed by atoms with Gasteiger partial charge in [0.1, 0.15) is 5.75 Å². The molecule has 1 aliphatic heterocycles. The molecule has 0 unspecified atom stereocenters. The summed E-state index contributed by atoms with van der Waals surface area (Å²) in [6.45, 7) is 6.59. The van der Waals surface area contributed by atoms with Crippen molar-refractivity contribution >= 4 is 11.6 Å². The minimum Gasteiger partial charge on any atom is -0.481 e. The van der Waals surface area contributed by atoms with Crippen LogP contribution in [0.5, 0.6) is 5.75 Å². The monoisotopic (exact) mass is 338 g/mol. The Balaban J connectivity index is 1.48. The highest BCUT2D eigenvalue weighted by Crippen LogP contribution is 2.20. The van der Waals surface area contributed by atoms with E-state index >= 15 is 0 Å². The first-order chi connectivity index (χ1) is 12.1. The summed E-state index contributed by atoms with van der Waals surface area (Å²) in [5.41, 5.74) is 3.53. The molecule has 0 spiro atoms.